The van der Waals surface area contributed by atoms with Gasteiger partial charge < -0.3 is 9.64 Å². The lowest BCUT2D eigenvalue weighted by Crippen LogP contribution is -2.49. The molecule has 1 fully saturated rings. The summed E-state index contributed by atoms with van der Waals surface area (Å²) in [5.41, 5.74) is 2.21. The van der Waals surface area contributed by atoms with Crippen molar-refractivity contribution in [3.8, 4) is 5.75 Å². The van der Waals surface area contributed by atoms with Crippen molar-refractivity contribution in [1.82, 2.24) is 14.8 Å². The van der Waals surface area contributed by atoms with E-state index in [1.54, 1.807) is 11.3 Å². The van der Waals surface area contributed by atoms with Crippen LogP contribution in [0.3, 0.4) is 0 Å². The number of carbonyl (C=O) groups is 1. The summed E-state index contributed by atoms with van der Waals surface area (Å²) in [5, 5.41) is 3.23. The lowest BCUT2D eigenvalue weighted by atomic mass is 10.2. The maximum atomic E-state index is 12.3. The van der Waals surface area contributed by atoms with Crippen LogP contribution < -0.4 is 4.74 Å². The summed E-state index contributed by atoms with van der Waals surface area (Å²) in [5.74, 6) is 0.808. The van der Waals surface area contributed by atoms with E-state index in [-0.39, 0.29) is 24.9 Å². The molecule has 1 saturated heterocycles. The highest BCUT2D eigenvalue weighted by atomic mass is 35.5. The van der Waals surface area contributed by atoms with Gasteiger partial charge in [0.2, 0.25) is 0 Å². The Labute approximate surface area is 159 Å². The third kappa shape index (κ3) is 5.70. The Morgan fingerprint density at radius 1 is 1.24 bits per heavy atom. The third-order valence-corrected chi connectivity index (χ3v) is 5.05. The number of aryl methyl sites for hydroxylation is 2. The molecule has 0 unspecified atom stereocenters. The summed E-state index contributed by atoms with van der Waals surface area (Å²) in [6.07, 6.45) is 0. The number of hydrogen-bond acceptors (Lipinski definition) is 5. The Morgan fingerprint density at radius 2 is 2.00 bits per heavy atom. The smallest absolute Gasteiger partial charge is 0.260 e. The van der Waals surface area contributed by atoms with E-state index in [0.29, 0.717) is 0 Å². The number of benzene rings is 1. The van der Waals surface area contributed by atoms with Gasteiger partial charge in [0.05, 0.1) is 6.54 Å². The van der Waals surface area contributed by atoms with Crippen molar-refractivity contribution in [2.45, 2.75) is 20.4 Å². The number of nitrogens with zero attached hydrogens (tertiary/aromatic N) is 3. The van der Waals surface area contributed by atoms with Crippen LogP contribution in [0.1, 0.15) is 16.3 Å². The van der Waals surface area contributed by atoms with Gasteiger partial charge in [0.1, 0.15) is 10.8 Å². The molecule has 1 aromatic heterocycles. The van der Waals surface area contributed by atoms with Crippen LogP contribution in [0.15, 0.2) is 29.6 Å². The highest BCUT2D eigenvalue weighted by Gasteiger charge is 2.22. The average Bonchev–Trinajstić information content (AvgIpc) is 2.98. The number of carbonyl (C=O) groups excluding carboxylic acids is 1. The Balaban J connectivity index is 0.00000225. The van der Waals surface area contributed by atoms with Gasteiger partial charge in [-0.25, -0.2) is 4.98 Å². The predicted molar refractivity (Wildman–Crippen MR) is 103 cm³/mol. The normalized spacial score (nSPS) is 14.9. The first kappa shape index (κ1) is 19.7. The molecule has 1 amide bonds. The molecule has 136 valence electrons. The largest absolute Gasteiger partial charge is 0.484 e. The molecule has 1 aromatic carbocycles. The van der Waals surface area contributed by atoms with E-state index in [0.717, 1.165) is 54.7 Å². The molecule has 0 saturated carbocycles. The standard InChI is InChI=1S/C18H23N3O2S.ClH/c1-14-4-3-5-16(10-14)23-12-18(22)21-8-6-20(7-9-21)11-17-19-15(2)13-24-17;/h3-5,10,13H,6-9,11-12H2,1-2H3;1H. The van der Waals surface area contributed by atoms with Gasteiger partial charge in [-0.1, -0.05) is 12.1 Å². The van der Waals surface area contributed by atoms with E-state index >= 15 is 0 Å². The molecule has 1 aliphatic rings. The number of piperazine rings is 1. The second-order valence-corrected chi connectivity index (χ2v) is 7.09. The Hall–Kier alpha value is -1.63. The number of halogens is 1. The van der Waals surface area contributed by atoms with Gasteiger partial charge in [-0.2, -0.15) is 0 Å². The summed E-state index contributed by atoms with van der Waals surface area (Å²) in [6.45, 7) is 8.28. The van der Waals surface area contributed by atoms with Crippen molar-refractivity contribution in [2.75, 3.05) is 32.8 Å². The van der Waals surface area contributed by atoms with Crippen LogP contribution in [-0.2, 0) is 11.3 Å². The first-order valence-electron chi connectivity index (χ1n) is 8.21. The maximum absolute atomic E-state index is 12.3. The minimum Gasteiger partial charge on any atom is -0.484 e. The fourth-order valence-electron chi connectivity index (χ4n) is 2.76. The van der Waals surface area contributed by atoms with Gasteiger partial charge in [-0.15, -0.1) is 23.7 Å². The highest BCUT2D eigenvalue weighted by molar-refractivity contribution is 7.09. The molecule has 25 heavy (non-hydrogen) atoms. The molecule has 3 rings (SSSR count). The molecule has 0 atom stereocenters. The van der Waals surface area contributed by atoms with Crippen molar-refractivity contribution in [3.05, 3.63) is 45.9 Å². The van der Waals surface area contributed by atoms with Crippen molar-refractivity contribution < 1.29 is 9.53 Å². The van der Waals surface area contributed by atoms with Gasteiger partial charge in [0, 0.05) is 37.3 Å². The van der Waals surface area contributed by atoms with E-state index in [9.17, 15) is 4.79 Å². The van der Waals surface area contributed by atoms with E-state index in [1.807, 2.05) is 43.0 Å². The summed E-state index contributed by atoms with van der Waals surface area (Å²) >= 11 is 1.70. The molecule has 1 aliphatic heterocycles. The minimum atomic E-state index is 0. The fraction of sp³-hybridized carbons (Fsp3) is 0.444. The zero-order chi connectivity index (χ0) is 16.9. The number of amides is 1. The second kappa shape index (κ2) is 9.17. The number of aromatic nitrogens is 1. The Morgan fingerprint density at radius 3 is 2.64 bits per heavy atom. The van der Waals surface area contributed by atoms with Crippen molar-refractivity contribution in [3.63, 3.8) is 0 Å². The molecule has 2 aromatic rings. The summed E-state index contributed by atoms with van der Waals surface area (Å²) in [6, 6.07) is 7.78. The van der Waals surface area contributed by atoms with E-state index in [2.05, 4.69) is 15.3 Å². The zero-order valence-corrected chi connectivity index (χ0v) is 16.2. The van der Waals surface area contributed by atoms with Gasteiger partial charge in [0.25, 0.3) is 5.91 Å². The lowest BCUT2D eigenvalue weighted by molar-refractivity contribution is -0.135. The molecule has 0 radical (unpaired) electrons. The first-order chi connectivity index (χ1) is 11.6. The van der Waals surface area contributed by atoms with Crippen LogP contribution in [-0.4, -0.2) is 53.5 Å². The topological polar surface area (TPSA) is 45.7 Å². The van der Waals surface area contributed by atoms with E-state index in [4.69, 9.17) is 4.74 Å². The van der Waals surface area contributed by atoms with Crippen molar-refractivity contribution >= 4 is 29.7 Å². The minimum absolute atomic E-state index is 0. The number of ether oxygens (including phenoxy) is 1. The van der Waals surface area contributed by atoms with Crippen LogP contribution >= 0.6 is 23.7 Å². The predicted octanol–water partition coefficient (Wildman–Crippen LogP) is 2.90. The molecular weight excluding hydrogens is 358 g/mol. The fourth-order valence-corrected chi connectivity index (χ4v) is 3.58. The van der Waals surface area contributed by atoms with Crippen LogP contribution in [0.5, 0.6) is 5.75 Å². The van der Waals surface area contributed by atoms with Crippen LogP contribution in [0.4, 0.5) is 0 Å². The lowest BCUT2D eigenvalue weighted by Gasteiger charge is -2.34. The SMILES string of the molecule is Cc1cccc(OCC(=O)N2CCN(Cc3nc(C)cs3)CC2)c1.Cl. The molecule has 0 spiro atoms. The highest BCUT2D eigenvalue weighted by Crippen LogP contribution is 2.14. The van der Waals surface area contributed by atoms with Crippen molar-refractivity contribution in [2.24, 2.45) is 0 Å². The zero-order valence-electron chi connectivity index (χ0n) is 14.6. The number of hydrogen-bond donors (Lipinski definition) is 0. The monoisotopic (exact) mass is 381 g/mol. The Kier molecular flexibility index (Phi) is 7.23. The van der Waals surface area contributed by atoms with E-state index < -0.39 is 0 Å². The third-order valence-electron chi connectivity index (χ3n) is 4.10. The summed E-state index contributed by atoms with van der Waals surface area (Å²) in [4.78, 5) is 21.0. The summed E-state index contributed by atoms with van der Waals surface area (Å²) < 4.78 is 5.61. The molecule has 0 N–H and O–H groups in total. The average molecular weight is 382 g/mol. The van der Waals surface area contributed by atoms with Gasteiger partial charge in [0.15, 0.2) is 6.61 Å². The molecule has 0 bridgehead atoms. The van der Waals surface area contributed by atoms with Crippen LogP contribution in [0.25, 0.3) is 0 Å². The molecule has 7 heteroatoms. The maximum Gasteiger partial charge on any atom is 0.260 e. The van der Waals surface area contributed by atoms with Gasteiger partial charge in [-0.05, 0) is 31.5 Å². The summed E-state index contributed by atoms with van der Waals surface area (Å²) in [7, 11) is 0. The van der Waals surface area contributed by atoms with Crippen LogP contribution in [0.2, 0.25) is 0 Å². The van der Waals surface area contributed by atoms with E-state index in [1.165, 1.54) is 0 Å². The number of thiazole rings is 1. The molecule has 2 heterocycles. The molecule has 5 nitrogen and oxygen atoms in total. The number of rotatable bonds is 5. The van der Waals surface area contributed by atoms with Crippen molar-refractivity contribution in [1.29, 1.82) is 0 Å². The molecule has 0 aliphatic carbocycles. The Bertz CT molecular complexity index is 699. The van der Waals surface area contributed by atoms with Crippen LogP contribution in [0, 0.1) is 13.8 Å². The molecular formula is C18H24ClN3O2S. The second-order valence-electron chi connectivity index (χ2n) is 6.14. The van der Waals surface area contributed by atoms with Gasteiger partial charge >= 0.3 is 0 Å². The van der Waals surface area contributed by atoms with Gasteiger partial charge in [-0.3, -0.25) is 9.69 Å². The first-order valence-corrected chi connectivity index (χ1v) is 9.09. The quantitative estimate of drug-likeness (QED) is 0.798.